The van der Waals surface area contributed by atoms with Gasteiger partial charge in [-0.2, -0.15) is 0 Å². The summed E-state index contributed by atoms with van der Waals surface area (Å²) >= 11 is 0. The molecule has 3 amide bonds. The smallest absolute Gasteiger partial charge is 0.318 e. The minimum atomic E-state index is -3.92. The maximum atomic E-state index is 11.0. The van der Waals surface area contributed by atoms with E-state index in [0.717, 1.165) is 17.1 Å². The molecule has 0 saturated heterocycles. The second-order valence-electron chi connectivity index (χ2n) is 2.73. The number of imide groups is 1. The molecule has 3 N–H and O–H groups in total. The molecule has 1 aromatic heterocycles. The van der Waals surface area contributed by atoms with E-state index in [-0.39, 0.29) is 11.6 Å². The van der Waals surface area contributed by atoms with Gasteiger partial charge >= 0.3 is 6.03 Å². The Labute approximate surface area is 94.8 Å². The van der Waals surface area contributed by atoms with Crippen molar-refractivity contribution >= 4 is 31.7 Å². The van der Waals surface area contributed by atoms with E-state index in [4.69, 9.17) is 16.4 Å². The first kappa shape index (κ1) is 12.5. The van der Waals surface area contributed by atoms with Crippen LogP contribution in [0.3, 0.4) is 0 Å². The standard InChI is InChI=1S/C6H7ClN4O4S/c7-16(14,15)5-2-11(3-9-5)1-4(12)10-6(8)13/h2-3H,1H2,(H3,8,10,12,13). The van der Waals surface area contributed by atoms with Gasteiger partial charge in [0.05, 0.1) is 6.33 Å². The lowest BCUT2D eigenvalue weighted by Gasteiger charge is -2.00. The highest BCUT2D eigenvalue weighted by Crippen LogP contribution is 2.10. The van der Waals surface area contributed by atoms with Crippen LogP contribution in [0.15, 0.2) is 17.6 Å². The number of carbonyl (C=O) groups is 2. The quantitative estimate of drug-likeness (QED) is 0.679. The predicted octanol–water partition coefficient (Wildman–Crippen LogP) is -0.995. The van der Waals surface area contributed by atoms with Crippen LogP contribution < -0.4 is 11.1 Å². The van der Waals surface area contributed by atoms with Gasteiger partial charge in [0.2, 0.25) is 5.91 Å². The van der Waals surface area contributed by atoms with Crippen molar-refractivity contribution in [2.24, 2.45) is 5.73 Å². The maximum Gasteiger partial charge on any atom is 0.318 e. The summed E-state index contributed by atoms with van der Waals surface area (Å²) in [6.07, 6.45) is 2.15. The predicted molar refractivity (Wildman–Crippen MR) is 53.0 cm³/mol. The summed E-state index contributed by atoms with van der Waals surface area (Å²) in [6.45, 7) is -0.289. The largest absolute Gasteiger partial charge is 0.351 e. The Kier molecular flexibility index (Phi) is 3.50. The minimum Gasteiger partial charge on any atom is -0.351 e. The first-order valence-electron chi connectivity index (χ1n) is 3.85. The van der Waals surface area contributed by atoms with Gasteiger partial charge in [0.15, 0.2) is 5.03 Å². The van der Waals surface area contributed by atoms with E-state index < -0.39 is 21.0 Å². The van der Waals surface area contributed by atoms with Crippen molar-refractivity contribution in [3.05, 3.63) is 12.5 Å². The lowest BCUT2D eigenvalue weighted by atomic mass is 10.6. The van der Waals surface area contributed by atoms with Crippen molar-refractivity contribution in [1.29, 1.82) is 0 Å². The molecule has 0 aliphatic carbocycles. The van der Waals surface area contributed by atoms with Crippen LogP contribution in [-0.2, 0) is 20.4 Å². The van der Waals surface area contributed by atoms with Crippen LogP contribution in [0.1, 0.15) is 0 Å². The molecule has 0 aliphatic heterocycles. The highest BCUT2D eigenvalue weighted by Gasteiger charge is 2.14. The molecule has 1 rings (SSSR count). The Morgan fingerprint density at radius 2 is 2.19 bits per heavy atom. The Morgan fingerprint density at radius 3 is 2.62 bits per heavy atom. The number of nitrogens with zero attached hydrogens (tertiary/aromatic N) is 2. The van der Waals surface area contributed by atoms with Gasteiger partial charge in [0, 0.05) is 16.9 Å². The number of primary amides is 1. The van der Waals surface area contributed by atoms with Crippen LogP contribution >= 0.6 is 10.7 Å². The number of nitrogens with two attached hydrogens (primary N) is 1. The molecule has 0 spiro atoms. The second kappa shape index (κ2) is 4.49. The Bertz CT molecular complexity index is 522. The molecule has 0 fully saturated rings. The van der Waals surface area contributed by atoms with Crippen molar-refractivity contribution < 1.29 is 18.0 Å². The Balaban J connectivity index is 2.73. The zero-order valence-corrected chi connectivity index (χ0v) is 9.33. The number of aromatic nitrogens is 2. The lowest BCUT2D eigenvalue weighted by Crippen LogP contribution is -2.36. The SMILES string of the molecule is NC(=O)NC(=O)Cn1cnc(S(=O)(=O)Cl)c1. The number of rotatable bonds is 3. The summed E-state index contributed by atoms with van der Waals surface area (Å²) in [5, 5.41) is 1.43. The fourth-order valence-electron chi connectivity index (χ4n) is 0.895. The molecular weight excluding hydrogens is 260 g/mol. The first-order chi connectivity index (χ1) is 7.29. The summed E-state index contributed by atoms with van der Waals surface area (Å²) in [7, 11) is 1.09. The van der Waals surface area contributed by atoms with Crippen molar-refractivity contribution in [3.8, 4) is 0 Å². The molecule has 1 aromatic rings. The van der Waals surface area contributed by atoms with Crippen molar-refractivity contribution in [3.63, 3.8) is 0 Å². The monoisotopic (exact) mass is 266 g/mol. The van der Waals surface area contributed by atoms with Crippen molar-refractivity contribution in [2.75, 3.05) is 0 Å². The number of hydrogen-bond acceptors (Lipinski definition) is 5. The average molecular weight is 267 g/mol. The van der Waals surface area contributed by atoms with Crippen LogP contribution in [-0.4, -0.2) is 29.9 Å². The third-order valence-corrected chi connectivity index (χ3v) is 2.63. The topological polar surface area (TPSA) is 124 Å². The minimum absolute atomic E-state index is 0.289. The van der Waals surface area contributed by atoms with Crippen molar-refractivity contribution in [1.82, 2.24) is 14.9 Å². The Hall–Kier alpha value is -1.61. The van der Waals surface area contributed by atoms with E-state index in [2.05, 4.69) is 4.98 Å². The third kappa shape index (κ3) is 3.51. The maximum absolute atomic E-state index is 11.0. The van der Waals surface area contributed by atoms with E-state index in [1.165, 1.54) is 0 Å². The molecule has 88 valence electrons. The van der Waals surface area contributed by atoms with Crippen molar-refractivity contribution in [2.45, 2.75) is 11.6 Å². The molecule has 0 atom stereocenters. The number of imidazole rings is 1. The number of hydrogen-bond donors (Lipinski definition) is 2. The molecule has 0 bridgehead atoms. The molecule has 0 unspecified atom stereocenters. The summed E-state index contributed by atoms with van der Waals surface area (Å²) < 4.78 is 22.8. The lowest BCUT2D eigenvalue weighted by molar-refractivity contribution is -0.120. The molecule has 0 saturated carbocycles. The van der Waals surface area contributed by atoms with Gasteiger partial charge in [0.1, 0.15) is 6.54 Å². The Morgan fingerprint density at radius 1 is 1.56 bits per heavy atom. The van der Waals surface area contributed by atoms with E-state index >= 15 is 0 Å². The molecule has 8 nitrogen and oxygen atoms in total. The van der Waals surface area contributed by atoms with Gasteiger partial charge < -0.3 is 10.3 Å². The summed E-state index contributed by atoms with van der Waals surface area (Å²) in [5.41, 5.74) is 4.71. The average Bonchev–Trinajstić information content (AvgIpc) is 2.49. The first-order valence-corrected chi connectivity index (χ1v) is 6.15. The number of urea groups is 1. The van der Waals surface area contributed by atoms with Crippen LogP contribution in [0.2, 0.25) is 0 Å². The van der Waals surface area contributed by atoms with E-state index in [0.29, 0.717) is 0 Å². The third-order valence-electron chi connectivity index (χ3n) is 1.45. The summed E-state index contributed by atoms with van der Waals surface area (Å²) in [5.74, 6) is -0.691. The van der Waals surface area contributed by atoms with Gasteiger partial charge in [0.25, 0.3) is 9.05 Å². The van der Waals surface area contributed by atoms with Crippen LogP contribution in [0.5, 0.6) is 0 Å². The van der Waals surface area contributed by atoms with Crippen LogP contribution in [0.4, 0.5) is 4.79 Å². The fraction of sp³-hybridized carbons (Fsp3) is 0.167. The van der Waals surface area contributed by atoms with E-state index in [1.807, 2.05) is 5.32 Å². The second-order valence-corrected chi connectivity index (χ2v) is 5.25. The molecule has 0 radical (unpaired) electrons. The highest BCUT2D eigenvalue weighted by atomic mass is 35.7. The van der Waals surface area contributed by atoms with Gasteiger partial charge in [-0.3, -0.25) is 10.1 Å². The molecule has 1 heterocycles. The fourth-order valence-corrected chi connectivity index (χ4v) is 1.57. The van der Waals surface area contributed by atoms with Gasteiger partial charge in [-0.1, -0.05) is 0 Å². The zero-order chi connectivity index (χ0) is 12.3. The summed E-state index contributed by atoms with van der Waals surface area (Å²) in [6, 6.07) is -0.990. The molecular formula is C6H7ClN4O4S. The number of carbonyl (C=O) groups excluding carboxylic acids is 2. The molecule has 0 aromatic carbocycles. The highest BCUT2D eigenvalue weighted by molar-refractivity contribution is 8.13. The van der Waals surface area contributed by atoms with Crippen LogP contribution in [0.25, 0.3) is 0 Å². The molecule has 0 aliphatic rings. The van der Waals surface area contributed by atoms with Gasteiger partial charge in [-0.15, -0.1) is 0 Å². The van der Waals surface area contributed by atoms with E-state index in [9.17, 15) is 18.0 Å². The normalized spacial score (nSPS) is 11.1. The van der Waals surface area contributed by atoms with Gasteiger partial charge in [-0.05, 0) is 0 Å². The summed E-state index contributed by atoms with van der Waals surface area (Å²) in [4.78, 5) is 24.8. The van der Waals surface area contributed by atoms with E-state index in [1.54, 1.807) is 0 Å². The van der Waals surface area contributed by atoms with Gasteiger partial charge in [-0.25, -0.2) is 18.2 Å². The molecule has 10 heteroatoms. The number of halogens is 1. The number of nitrogens with one attached hydrogen (secondary N) is 1. The zero-order valence-electron chi connectivity index (χ0n) is 7.75. The van der Waals surface area contributed by atoms with Crippen LogP contribution in [0, 0.1) is 0 Å². The molecule has 16 heavy (non-hydrogen) atoms. The number of amides is 3.